The van der Waals surface area contributed by atoms with Crippen molar-refractivity contribution in [2.75, 3.05) is 23.4 Å². The van der Waals surface area contributed by atoms with Crippen LogP contribution in [-0.4, -0.2) is 35.0 Å². The molecule has 6 nitrogen and oxygen atoms in total. The van der Waals surface area contributed by atoms with Crippen LogP contribution in [0.3, 0.4) is 0 Å². The second-order valence-electron chi connectivity index (χ2n) is 4.54. The number of aromatic nitrogens is 1. The van der Waals surface area contributed by atoms with E-state index in [1.165, 1.54) is 16.6 Å². The van der Waals surface area contributed by atoms with Gasteiger partial charge < -0.3 is 15.2 Å². The molecule has 0 saturated heterocycles. The van der Waals surface area contributed by atoms with E-state index < -0.39 is 0 Å². The summed E-state index contributed by atoms with van der Waals surface area (Å²) in [5.74, 6) is 1.22. The largest absolute Gasteiger partial charge is 0.360 e. The molecule has 2 N–H and O–H groups in total. The Morgan fingerprint density at radius 3 is 2.86 bits per heavy atom. The fourth-order valence-corrected chi connectivity index (χ4v) is 3.03. The minimum Gasteiger partial charge on any atom is -0.360 e. The van der Waals surface area contributed by atoms with Crippen LogP contribution in [0.25, 0.3) is 0 Å². The molecule has 0 aliphatic heterocycles. The van der Waals surface area contributed by atoms with Crippen molar-refractivity contribution in [2.45, 2.75) is 13.3 Å². The molecule has 22 heavy (non-hydrogen) atoms. The lowest BCUT2D eigenvalue weighted by atomic mass is 10.3. The molecule has 0 unspecified atom stereocenters. The standard InChI is InChI=1S/C14H17N3O3S2/c1-10-7-12(17-20-10)16-14(19)9-21-8-13(18)15-5-4-11-3-2-6-22-11/h2-3,6-7H,4-5,8-9H2,1H3,(H,15,18)(H,16,17,19). The molecule has 8 heteroatoms. The molecular weight excluding hydrogens is 322 g/mol. The third-order valence-corrected chi connectivity index (χ3v) is 4.50. The molecule has 0 bridgehead atoms. The zero-order valence-electron chi connectivity index (χ0n) is 12.1. The van der Waals surface area contributed by atoms with Gasteiger partial charge in [-0.05, 0) is 24.8 Å². The molecule has 0 spiro atoms. The van der Waals surface area contributed by atoms with E-state index >= 15 is 0 Å². The Hall–Kier alpha value is -1.80. The van der Waals surface area contributed by atoms with E-state index in [2.05, 4.69) is 15.8 Å². The van der Waals surface area contributed by atoms with Crippen molar-refractivity contribution in [3.63, 3.8) is 0 Å². The molecule has 0 aliphatic carbocycles. The van der Waals surface area contributed by atoms with Gasteiger partial charge in [-0.15, -0.1) is 23.1 Å². The van der Waals surface area contributed by atoms with Gasteiger partial charge in [0.1, 0.15) is 5.76 Å². The molecule has 0 saturated carbocycles. The van der Waals surface area contributed by atoms with Crippen molar-refractivity contribution >= 4 is 40.7 Å². The average Bonchev–Trinajstić information content (AvgIpc) is 3.11. The summed E-state index contributed by atoms with van der Waals surface area (Å²) in [7, 11) is 0. The van der Waals surface area contributed by atoms with Crippen LogP contribution < -0.4 is 10.6 Å². The van der Waals surface area contributed by atoms with Crippen LogP contribution in [0.4, 0.5) is 5.82 Å². The maximum atomic E-state index is 11.6. The number of carbonyl (C=O) groups is 2. The van der Waals surface area contributed by atoms with Gasteiger partial charge in [0, 0.05) is 17.5 Å². The second-order valence-corrected chi connectivity index (χ2v) is 6.56. The van der Waals surface area contributed by atoms with Gasteiger partial charge in [0.2, 0.25) is 11.8 Å². The van der Waals surface area contributed by atoms with Crippen molar-refractivity contribution in [2.24, 2.45) is 0 Å². The van der Waals surface area contributed by atoms with Crippen molar-refractivity contribution in [1.29, 1.82) is 0 Å². The number of hydrogen-bond acceptors (Lipinski definition) is 6. The van der Waals surface area contributed by atoms with E-state index in [1.54, 1.807) is 24.3 Å². The van der Waals surface area contributed by atoms with E-state index in [9.17, 15) is 9.59 Å². The molecule has 2 amide bonds. The molecule has 2 rings (SSSR count). The van der Waals surface area contributed by atoms with E-state index in [4.69, 9.17) is 4.52 Å². The summed E-state index contributed by atoms with van der Waals surface area (Å²) in [6, 6.07) is 5.67. The van der Waals surface area contributed by atoms with Gasteiger partial charge in [-0.2, -0.15) is 0 Å². The number of thioether (sulfide) groups is 1. The van der Waals surface area contributed by atoms with Crippen LogP contribution in [0, 0.1) is 6.92 Å². The average molecular weight is 339 g/mol. The van der Waals surface area contributed by atoms with Crippen molar-refractivity contribution in [3.8, 4) is 0 Å². The Kier molecular flexibility index (Phi) is 6.47. The molecular formula is C14H17N3O3S2. The summed E-state index contributed by atoms with van der Waals surface area (Å²) >= 11 is 2.94. The number of nitrogens with one attached hydrogen (secondary N) is 2. The molecule has 0 aliphatic rings. The highest BCUT2D eigenvalue weighted by Crippen LogP contribution is 2.09. The number of thiophene rings is 1. The van der Waals surface area contributed by atoms with Crippen molar-refractivity contribution in [1.82, 2.24) is 10.5 Å². The minimum atomic E-state index is -0.204. The first-order valence-electron chi connectivity index (χ1n) is 6.73. The Morgan fingerprint density at radius 2 is 2.18 bits per heavy atom. The summed E-state index contributed by atoms with van der Waals surface area (Å²) in [6.45, 7) is 2.36. The molecule has 0 radical (unpaired) electrons. The first kappa shape index (κ1) is 16.6. The minimum absolute atomic E-state index is 0.0633. The lowest BCUT2D eigenvalue weighted by Crippen LogP contribution is -2.27. The summed E-state index contributed by atoms with van der Waals surface area (Å²) in [6.07, 6.45) is 0.833. The zero-order chi connectivity index (χ0) is 15.8. The highest BCUT2D eigenvalue weighted by atomic mass is 32.2. The number of amides is 2. The maximum absolute atomic E-state index is 11.6. The van der Waals surface area contributed by atoms with Crippen LogP contribution in [0.15, 0.2) is 28.1 Å². The van der Waals surface area contributed by atoms with Crippen LogP contribution in [0.1, 0.15) is 10.6 Å². The summed E-state index contributed by atoms with van der Waals surface area (Å²) in [5.41, 5.74) is 0. The smallest absolute Gasteiger partial charge is 0.235 e. The van der Waals surface area contributed by atoms with Gasteiger partial charge >= 0.3 is 0 Å². The van der Waals surface area contributed by atoms with Crippen molar-refractivity contribution in [3.05, 3.63) is 34.2 Å². The predicted octanol–water partition coefficient (Wildman–Crippen LogP) is 2.08. The highest BCUT2D eigenvalue weighted by molar-refractivity contribution is 8.00. The normalized spacial score (nSPS) is 10.4. The number of aryl methyl sites for hydroxylation is 1. The Bertz CT molecular complexity index is 611. The van der Waals surface area contributed by atoms with Gasteiger partial charge in [-0.3, -0.25) is 9.59 Å². The molecule has 118 valence electrons. The Labute approximate surface area is 136 Å². The van der Waals surface area contributed by atoms with E-state index in [1.807, 2.05) is 17.5 Å². The van der Waals surface area contributed by atoms with Crippen molar-refractivity contribution < 1.29 is 14.1 Å². The molecule has 0 atom stereocenters. The summed E-state index contributed by atoms with van der Waals surface area (Å²) < 4.78 is 4.85. The monoisotopic (exact) mass is 339 g/mol. The number of carbonyl (C=O) groups excluding carboxylic acids is 2. The lowest BCUT2D eigenvalue weighted by molar-refractivity contribution is -0.118. The highest BCUT2D eigenvalue weighted by Gasteiger charge is 2.08. The van der Waals surface area contributed by atoms with Gasteiger partial charge in [-0.25, -0.2) is 0 Å². The Balaban J connectivity index is 1.55. The van der Waals surface area contributed by atoms with Gasteiger partial charge in [0.25, 0.3) is 0 Å². The summed E-state index contributed by atoms with van der Waals surface area (Å²) in [5, 5.41) is 11.1. The third kappa shape index (κ3) is 5.90. The van der Waals surface area contributed by atoms with Gasteiger partial charge in [-0.1, -0.05) is 11.2 Å². The van der Waals surface area contributed by atoms with Gasteiger partial charge in [0.15, 0.2) is 5.82 Å². The second kappa shape index (κ2) is 8.60. The molecule has 0 aromatic carbocycles. The number of nitrogens with zero attached hydrogens (tertiary/aromatic N) is 1. The number of hydrogen-bond donors (Lipinski definition) is 2. The van der Waals surface area contributed by atoms with Crippen LogP contribution in [-0.2, 0) is 16.0 Å². The molecule has 2 aromatic heterocycles. The lowest BCUT2D eigenvalue weighted by Gasteiger charge is -2.04. The first-order valence-corrected chi connectivity index (χ1v) is 8.77. The fourth-order valence-electron chi connectivity index (χ4n) is 1.67. The van der Waals surface area contributed by atoms with Crippen LogP contribution >= 0.6 is 23.1 Å². The molecule has 2 heterocycles. The van der Waals surface area contributed by atoms with E-state index in [0.29, 0.717) is 18.1 Å². The van der Waals surface area contributed by atoms with Crippen LogP contribution in [0.2, 0.25) is 0 Å². The zero-order valence-corrected chi connectivity index (χ0v) is 13.8. The molecule has 2 aromatic rings. The van der Waals surface area contributed by atoms with E-state index in [0.717, 1.165) is 6.42 Å². The molecule has 0 fully saturated rings. The quantitative estimate of drug-likeness (QED) is 0.769. The van der Waals surface area contributed by atoms with Gasteiger partial charge in [0.05, 0.1) is 11.5 Å². The van der Waals surface area contributed by atoms with E-state index in [-0.39, 0.29) is 23.3 Å². The Morgan fingerprint density at radius 1 is 1.36 bits per heavy atom. The number of rotatable bonds is 8. The third-order valence-electron chi connectivity index (χ3n) is 2.64. The number of anilines is 1. The first-order chi connectivity index (χ1) is 10.6. The van der Waals surface area contributed by atoms with Crippen LogP contribution in [0.5, 0.6) is 0 Å². The maximum Gasteiger partial charge on any atom is 0.235 e. The predicted molar refractivity (Wildman–Crippen MR) is 88.2 cm³/mol. The summed E-state index contributed by atoms with van der Waals surface area (Å²) in [4.78, 5) is 24.5. The fraction of sp³-hybridized carbons (Fsp3) is 0.357. The topological polar surface area (TPSA) is 84.2 Å². The SMILES string of the molecule is Cc1cc(NC(=O)CSCC(=O)NCCc2cccs2)no1.